The number of carbonyl (C=O) groups is 2. The Morgan fingerprint density at radius 3 is 2.45 bits per heavy atom. The fourth-order valence-corrected chi connectivity index (χ4v) is 1.78. The highest BCUT2D eigenvalue weighted by molar-refractivity contribution is 6.04. The van der Waals surface area contributed by atoms with Gasteiger partial charge in [0.2, 0.25) is 5.91 Å². The summed E-state index contributed by atoms with van der Waals surface area (Å²) in [6.07, 6.45) is 0. The maximum atomic E-state index is 13.2. The molecule has 1 rings (SSSR count). The zero-order valence-electron chi connectivity index (χ0n) is 11.4. The van der Waals surface area contributed by atoms with Crippen LogP contribution < -0.4 is 5.32 Å². The summed E-state index contributed by atoms with van der Waals surface area (Å²) in [7, 11) is 0. The number of amides is 1. The van der Waals surface area contributed by atoms with Crippen molar-refractivity contribution < 1.29 is 19.1 Å². The van der Waals surface area contributed by atoms with Crippen molar-refractivity contribution >= 4 is 17.6 Å². The quantitative estimate of drug-likeness (QED) is 0.830. The first-order valence-corrected chi connectivity index (χ1v) is 5.90. The molecule has 106 valence electrons. The van der Waals surface area contributed by atoms with Gasteiger partial charge in [0, 0.05) is 5.69 Å². The number of carboxylic acids is 1. The minimum absolute atomic E-state index is 0.184. The number of aliphatic carboxylic acids is 1. The van der Waals surface area contributed by atoms with Crippen LogP contribution in [0.15, 0.2) is 18.2 Å². The van der Waals surface area contributed by atoms with Gasteiger partial charge in [0.15, 0.2) is 0 Å². The Hall–Kier alpha value is -2.42. The zero-order chi connectivity index (χ0) is 15.5. The lowest BCUT2D eigenvalue weighted by atomic mass is 9.80. The van der Waals surface area contributed by atoms with E-state index in [4.69, 9.17) is 10.4 Å². The van der Waals surface area contributed by atoms with Crippen LogP contribution in [-0.2, 0) is 9.59 Å². The van der Waals surface area contributed by atoms with Crippen LogP contribution in [0.1, 0.15) is 26.3 Å². The van der Waals surface area contributed by atoms with Gasteiger partial charge in [-0.15, -0.1) is 0 Å². The number of halogens is 1. The lowest BCUT2D eigenvalue weighted by Crippen LogP contribution is -2.39. The van der Waals surface area contributed by atoms with E-state index in [0.717, 1.165) is 12.1 Å². The molecule has 0 saturated carbocycles. The van der Waals surface area contributed by atoms with Gasteiger partial charge in [-0.2, -0.15) is 5.26 Å². The van der Waals surface area contributed by atoms with Crippen LogP contribution in [0.3, 0.4) is 0 Å². The Morgan fingerprint density at radius 2 is 2.00 bits per heavy atom. The monoisotopic (exact) mass is 278 g/mol. The van der Waals surface area contributed by atoms with Crippen molar-refractivity contribution in [2.45, 2.75) is 20.8 Å². The molecule has 6 heteroatoms. The molecule has 1 amide bonds. The summed E-state index contributed by atoms with van der Waals surface area (Å²) in [5.41, 5.74) is -0.803. The Morgan fingerprint density at radius 1 is 1.40 bits per heavy atom. The second-order valence-electron chi connectivity index (χ2n) is 5.43. The van der Waals surface area contributed by atoms with Gasteiger partial charge in [0.1, 0.15) is 17.8 Å². The van der Waals surface area contributed by atoms with Gasteiger partial charge in [0.25, 0.3) is 0 Å². The van der Waals surface area contributed by atoms with Crippen LogP contribution in [-0.4, -0.2) is 17.0 Å². The Kier molecular flexibility index (Phi) is 4.45. The number of hydrogen-bond acceptors (Lipinski definition) is 3. The van der Waals surface area contributed by atoms with Crippen LogP contribution in [0.5, 0.6) is 0 Å². The van der Waals surface area contributed by atoms with Gasteiger partial charge in [-0.3, -0.25) is 9.59 Å². The highest BCUT2D eigenvalue weighted by Crippen LogP contribution is 2.27. The number of rotatable bonds is 3. The summed E-state index contributed by atoms with van der Waals surface area (Å²) < 4.78 is 13.2. The van der Waals surface area contributed by atoms with E-state index in [-0.39, 0.29) is 11.3 Å². The molecule has 0 heterocycles. The lowest BCUT2D eigenvalue weighted by Gasteiger charge is -2.25. The molecule has 1 aromatic rings. The first-order valence-electron chi connectivity index (χ1n) is 5.90. The number of benzene rings is 1. The second-order valence-corrected chi connectivity index (χ2v) is 5.43. The molecule has 0 aromatic heterocycles. The van der Waals surface area contributed by atoms with E-state index >= 15 is 0 Å². The van der Waals surface area contributed by atoms with Gasteiger partial charge in [-0.05, 0) is 23.6 Å². The molecular weight excluding hydrogens is 263 g/mol. The number of hydrogen-bond donors (Lipinski definition) is 2. The lowest BCUT2D eigenvalue weighted by molar-refractivity contribution is -0.149. The van der Waals surface area contributed by atoms with E-state index in [1.165, 1.54) is 6.07 Å². The fourth-order valence-electron chi connectivity index (χ4n) is 1.78. The first-order chi connectivity index (χ1) is 9.16. The van der Waals surface area contributed by atoms with Gasteiger partial charge in [0.05, 0.1) is 5.56 Å². The highest BCUT2D eigenvalue weighted by Gasteiger charge is 2.37. The number of nitrogens with zero attached hydrogens (tertiary/aromatic N) is 1. The summed E-state index contributed by atoms with van der Waals surface area (Å²) in [6.45, 7) is 4.91. The number of anilines is 1. The Balaban J connectivity index is 3.01. The zero-order valence-corrected chi connectivity index (χ0v) is 11.4. The molecule has 2 N–H and O–H groups in total. The number of carboxylic acid groups (broad SMARTS) is 1. The van der Waals surface area contributed by atoms with Crippen LogP contribution in [0.25, 0.3) is 0 Å². The molecule has 1 aromatic carbocycles. The van der Waals surface area contributed by atoms with Crippen molar-refractivity contribution in [1.82, 2.24) is 0 Å². The second kappa shape index (κ2) is 5.70. The molecule has 1 atom stereocenters. The Bertz CT molecular complexity index is 585. The van der Waals surface area contributed by atoms with Crippen LogP contribution >= 0.6 is 0 Å². The average molecular weight is 278 g/mol. The minimum atomic E-state index is -1.25. The highest BCUT2D eigenvalue weighted by atomic mass is 19.1. The van der Waals surface area contributed by atoms with Crippen molar-refractivity contribution in [1.29, 1.82) is 5.26 Å². The van der Waals surface area contributed by atoms with Gasteiger partial charge >= 0.3 is 5.97 Å². The van der Waals surface area contributed by atoms with E-state index in [1.54, 1.807) is 26.8 Å². The van der Waals surface area contributed by atoms with Crippen molar-refractivity contribution in [3.8, 4) is 6.07 Å². The molecule has 0 saturated heterocycles. The smallest absolute Gasteiger partial charge is 0.316 e. The SMILES string of the molecule is CC(C)(C)C(C(=O)O)C(=O)Nc1ccc(F)c(C#N)c1. The number of nitrogens with one attached hydrogen (secondary N) is 1. The third kappa shape index (κ3) is 3.54. The van der Waals surface area contributed by atoms with E-state index in [0.29, 0.717) is 0 Å². The van der Waals surface area contributed by atoms with Crippen molar-refractivity contribution in [3.05, 3.63) is 29.6 Å². The summed E-state index contributed by atoms with van der Waals surface area (Å²) in [4.78, 5) is 23.2. The maximum Gasteiger partial charge on any atom is 0.316 e. The van der Waals surface area contributed by atoms with Gasteiger partial charge < -0.3 is 10.4 Å². The molecule has 0 fully saturated rings. The third-order valence-corrected chi connectivity index (χ3v) is 2.73. The molecular formula is C14H15FN2O3. The van der Waals surface area contributed by atoms with E-state index in [9.17, 15) is 14.0 Å². The first kappa shape index (κ1) is 15.6. The molecule has 20 heavy (non-hydrogen) atoms. The standard InChI is InChI=1S/C14H15FN2O3/c1-14(2,3)11(13(19)20)12(18)17-9-4-5-10(15)8(6-9)7-16/h4-6,11H,1-3H3,(H,17,18)(H,19,20). The van der Waals surface area contributed by atoms with Crippen molar-refractivity contribution in [2.75, 3.05) is 5.32 Å². The van der Waals surface area contributed by atoms with Crippen LogP contribution in [0, 0.1) is 28.5 Å². The van der Waals surface area contributed by atoms with Gasteiger partial charge in [-0.25, -0.2) is 4.39 Å². The van der Waals surface area contributed by atoms with Crippen LogP contribution in [0.4, 0.5) is 10.1 Å². The molecule has 0 radical (unpaired) electrons. The normalized spacial score (nSPS) is 12.3. The fraction of sp³-hybridized carbons (Fsp3) is 0.357. The maximum absolute atomic E-state index is 13.2. The molecule has 0 bridgehead atoms. The van der Waals surface area contributed by atoms with E-state index in [2.05, 4.69) is 5.32 Å². The molecule has 5 nitrogen and oxygen atoms in total. The molecule has 1 unspecified atom stereocenters. The van der Waals surface area contributed by atoms with Crippen molar-refractivity contribution in [2.24, 2.45) is 11.3 Å². The molecule has 0 aliphatic carbocycles. The topological polar surface area (TPSA) is 90.2 Å². The van der Waals surface area contributed by atoms with E-state index in [1.807, 2.05) is 0 Å². The molecule has 0 aliphatic rings. The largest absolute Gasteiger partial charge is 0.481 e. The predicted molar refractivity (Wildman–Crippen MR) is 70.3 cm³/mol. The summed E-state index contributed by atoms with van der Waals surface area (Å²) >= 11 is 0. The van der Waals surface area contributed by atoms with Crippen LogP contribution in [0.2, 0.25) is 0 Å². The number of nitriles is 1. The number of carbonyl (C=O) groups excluding carboxylic acids is 1. The summed E-state index contributed by atoms with van der Waals surface area (Å²) in [5, 5.41) is 20.2. The molecule has 0 aliphatic heterocycles. The third-order valence-electron chi connectivity index (χ3n) is 2.73. The Labute approximate surface area is 116 Å². The predicted octanol–water partition coefficient (Wildman–Crippen LogP) is 2.38. The minimum Gasteiger partial charge on any atom is -0.481 e. The van der Waals surface area contributed by atoms with Gasteiger partial charge in [-0.1, -0.05) is 20.8 Å². The van der Waals surface area contributed by atoms with E-state index < -0.39 is 29.0 Å². The molecule has 0 spiro atoms. The summed E-state index contributed by atoms with van der Waals surface area (Å²) in [6, 6.07) is 5.13. The summed E-state index contributed by atoms with van der Waals surface area (Å²) in [5.74, 6) is -3.90. The van der Waals surface area contributed by atoms with Crippen molar-refractivity contribution in [3.63, 3.8) is 0 Å². The average Bonchev–Trinajstić information content (AvgIpc) is 2.29.